The fourth-order valence-corrected chi connectivity index (χ4v) is 6.19. The Morgan fingerprint density at radius 2 is 1.81 bits per heavy atom. The van der Waals surface area contributed by atoms with Gasteiger partial charge in [0, 0.05) is 61.6 Å². The summed E-state index contributed by atoms with van der Waals surface area (Å²) in [6.07, 6.45) is 1.45. The van der Waals surface area contributed by atoms with Crippen LogP contribution in [0, 0.1) is 17.0 Å². The molecule has 2 aliphatic heterocycles. The number of nitrogens with zero attached hydrogens (tertiary/aromatic N) is 3. The predicted molar refractivity (Wildman–Crippen MR) is 158 cm³/mol. The number of hydrogen-bond donors (Lipinski definition) is 2. The lowest BCUT2D eigenvalue weighted by Crippen LogP contribution is -2.45. The molecule has 43 heavy (non-hydrogen) atoms. The zero-order valence-corrected chi connectivity index (χ0v) is 24.5. The minimum atomic E-state index is -1.38. The van der Waals surface area contributed by atoms with Crippen LogP contribution in [-0.4, -0.2) is 85.5 Å². The van der Waals surface area contributed by atoms with Crippen molar-refractivity contribution in [3.05, 3.63) is 65.4 Å². The normalized spacial score (nSPS) is 18.4. The van der Waals surface area contributed by atoms with Gasteiger partial charge in [0.2, 0.25) is 0 Å². The number of morpholine rings is 1. The molecule has 2 saturated heterocycles. The summed E-state index contributed by atoms with van der Waals surface area (Å²) >= 11 is 0. The number of nitrogens with one attached hydrogen (secondary N) is 1. The Morgan fingerprint density at radius 1 is 1.09 bits per heavy atom. The van der Waals surface area contributed by atoms with Crippen molar-refractivity contribution in [3.8, 4) is 5.75 Å². The van der Waals surface area contributed by atoms with Gasteiger partial charge < -0.3 is 24.8 Å². The second-order valence-corrected chi connectivity index (χ2v) is 11.5. The smallest absolute Gasteiger partial charge is 0.309 e. The number of ether oxygens (including phenoxy) is 2. The number of rotatable bonds is 12. The quantitative estimate of drug-likeness (QED) is 0.285. The first kappa shape index (κ1) is 31.0. The summed E-state index contributed by atoms with van der Waals surface area (Å²) in [6.45, 7) is 5.42. The fourth-order valence-electron chi connectivity index (χ4n) is 6.19. The molecule has 3 aromatic rings. The van der Waals surface area contributed by atoms with Crippen LogP contribution >= 0.6 is 0 Å². The lowest BCUT2D eigenvalue weighted by atomic mass is 9.74. The molecule has 3 heterocycles. The van der Waals surface area contributed by atoms with Gasteiger partial charge in [0.25, 0.3) is 0 Å². The summed E-state index contributed by atoms with van der Waals surface area (Å²) < 4.78 is 54.2. The summed E-state index contributed by atoms with van der Waals surface area (Å²) in [4.78, 5) is 21.5. The van der Waals surface area contributed by atoms with Gasteiger partial charge in [-0.25, -0.2) is 13.2 Å². The van der Waals surface area contributed by atoms with Gasteiger partial charge in [-0.1, -0.05) is 0 Å². The van der Waals surface area contributed by atoms with Crippen LogP contribution in [0.2, 0.25) is 0 Å². The van der Waals surface area contributed by atoms with Gasteiger partial charge in [-0.05, 0) is 74.7 Å². The van der Waals surface area contributed by atoms with Gasteiger partial charge in [0.1, 0.15) is 23.6 Å². The van der Waals surface area contributed by atoms with Crippen LogP contribution in [0.3, 0.4) is 0 Å². The van der Waals surface area contributed by atoms with E-state index in [4.69, 9.17) is 9.47 Å². The van der Waals surface area contributed by atoms with E-state index in [0.29, 0.717) is 86.7 Å². The van der Waals surface area contributed by atoms with E-state index in [9.17, 15) is 18.7 Å². The highest BCUT2D eigenvalue weighted by molar-refractivity contribution is 5.85. The predicted octanol–water partition coefficient (Wildman–Crippen LogP) is 5.42. The number of carbonyl (C=O) groups is 1. The largest absolute Gasteiger partial charge is 0.497 e. The van der Waals surface area contributed by atoms with E-state index in [-0.39, 0.29) is 12.8 Å². The van der Waals surface area contributed by atoms with Gasteiger partial charge in [-0.2, -0.15) is 0 Å². The highest BCUT2D eigenvalue weighted by Crippen LogP contribution is 2.41. The van der Waals surface area contributed by atoms with Gasteiger partial charge in [-0.3, -0.25) is 14.7 Å². The Labute approximate surface area is 249 Å². The lowest BCUT2D eigenvalue weighted by Gasteiger charge is -2.39. The average Bonchev–Trinajstić information content (AvgIpc) is 3.00. The summed E-state index contributed by atoms with van der Waals surface area (Å²) in [5.41, 5.74) is 1.34. The molecule has 2 fully saturated rings. The van der Waals surface area contributed by atoms with Crippen LogP contribution < -0.4 is 10.1 Å². The fraction of sp³-hybridized carbons (Fsp3) is 0.500. The van der Waals surface area contributed by atoms with Crippen molar-refractivity contribution in [2.75, 3.05) is 64.9 Å². The zero-order chi connectivity index (χ0) is 30.4. The second kappa shape index (κ2) is 13.9. The van der Waals surface area contributed by atoms with E-state index in [1.165, 1.54) is 12.1 Å². The van der Waals surface area contributed by atoms with E-state index in [1.54, 1.807) is 19.4 Å². The Kier molecular flexibility index (Phi) is 10.0. The van der Waals surface area contributed by atoms with Gasteiger partial charge in [-0.15, -0.1) is 0 Å². The molecule has 0 saturated carbocycles. The molecule has 2 aromatic carbocycles. The number of carboxylic acid groups (broad SMARTS) is 1. The number of fused-ring (bicyclic) bond motifs is 1. The number of pyridine rings is 1. The first-order valence-electron chi connectivity index (χ1n) is 14.8. The molecule has 5 rings (SSSR count). The van der Waals surface area contributed by atoms with Gasteiger partial charge >= 0.3 is 5.97 Å². The molecule has 0 aliphatic carbocycles. The maximum absolute atomic E-state index is 16.4. The number of anilines is 1. The highest BCUT2D eigenvalue weighted by Gasteiger charge is 2.42. The molecule has 0 unspecified atom stereocenters. The third kappa shape index (κ3) is 7.57. The number of hydrogen-bond acceptors (Lipinski definition) is 7. The van der Waals surface area contributed by atoms with Crippen LogP contribution in [0.1, 0.15) is 43.0 Å². The Morgan fingerprint density at radius 3 is 2.49 bits per heavy atom. The zero-order valence-electron chi connectivity index (χ0n) is 24.5. The van der Waals surface area contributed by atoms with Gasteiger partial charge in [0.05, 0.1) is 31.3 Å². The number of aliphatic carboxylic acids is 1. The standard InChI is InChI=1S/C32H39F3N4O4/c1-42-26-2-3-29-27(19-26)30(22(20-37-29)21-39-12-14-43-15-13-39)28(35)4-5-32(31(40)41)6-9-38(10-7-32)11-8-36-25-17-23(33)16-24(34)18-25/h2-3,16-20,28,36H,4-15,21H2,1H3,(H,40,41)/t28-/m0/s1. The van der Waals surface area contributed by atoms with E-state index in [2.05, 4.69) is 20.1 Å². The van der Waals surface area contributed by atoms with Crippen molar-refractivity contribution >= 4 is 22.6 Å². The highest BCUT2D eigenvalue weighted by atomic mass is 19.1. The number of benzene rings is 2. The average molecular weight is 601 g/mol. The van der Waals surface area contributed by atoms with Crippen LogP contribution in [0.4, 0.5) is 18.9 Å². The molecule has 232 valence electrons. The van der Waals surface area contributed by atoms with Crippen molar-refractivity contribution < 1.29 is 32.5 Å². The molecule has 0 bridgehead atoms. The Bertz CT molecular complexity index is 1390. The molecule has 1 aromatic heterocycles. The molecule has 8 nitrogen and oxygen atoms in total. The molecule has 0 spiro atoms. The van der Waals surface area contributed by atoms with Crippen molar-refractivity contribution in [2.24, 2.45) is 5.41 Å². The monoisotopic (exact) mass is 600 g/mol. The van der Waals surface area contributed by atoms with E-state index in [0.717, 1.165) is 24.7 Å². The van der Waals surface area contributed by atoms with Crippen molar-refractivity contribution in [1.29, 1.82) is 0 Å². The van der Waals surface area contributed by atoms with E-state index in [1.807, 2.05) is 12.1 Å². The van der Waals surface area contributed by atoms with Crippen molar-refractivity contribution in [2.45, 2.75) is 38.4 Å². The van der Waals surface area contributed by atoms with Gasteiger partial charge in [0.15, 0.2) is 0 Å². The Balaban J connectivity index is 1.25. The summed E-state index contributed by atoms with van der Waals surface area (Å²) in [5, 5.41) is 14.0. The van der Waals surface area contributed by atoms with Crippen LogP contribution in [0.15, 0.2) is 42.6 Å². The molecular weight excluding hydrogens is 561 g/mol. The van der Waals surface area contributed by atoms with Crippen LogP contribution in [0.25, 0.3) is 10.9 Å². The number of aromatic nitrogens is 1. The molecule has 0 amide bonds. The maximum Gasteiger partial charge on any atom is 0.309 e. The van der Waals surface area contributed by atoms with Crippen molar-refractivity contribution in [3.63, 3.8) is 0 Å². The summed E-state index contributed by atoms with van der Waals surface area (Å²) in [6, 6.07) is 8.71. The lowest BCUT2D eigenvalue weighted by molar-refractivity contribution is -0.153. The summed E-state index contributed by atoms with van der Waals surface area (Å²) in [7, 11) is 1.57. The van der Waals surface area contributed by atoms with Crippen LogP contribution in [0.5, 0.6) is 5.75 Å². The minimum absolute atomic E-state index is 0.0748. The SMILES string of the molecule is COc1ccc2ncc(CN3CCOCC3)c([C@@H](F)CCC3(C(=O)O)CCN(CCNc4cc(F)cc(F)c4)CC3)c2c1. The third-order valence-corrected chi connectivity index (χ3v) is 8.77. The first-order chi connectivity index (χ1) is 20.8. The molecular formula is C32H39F3N4O4. The summed E-state index contributed by atoms with van der Waals surface area (Å²) in [5.74, 6) is -1.59. The van der Waals surface area contributed by atoms with E-state index < -0.39 is 29.2 Å². The minimum Gasteiger partial charge on any atom is -0.497 e. The molecule has 0 radical (unpaired) electrons. The molecule has 2 aliphatic rings. The Hall–Kier alpha value is -3.41. The molecule has 11 heteroatoms. The second-order valence-electron chi connectivity index (χ2n) is 11.5. The molecule has 2 N–H and O–H groups in total. The third-order valence-electron chi connectivity index (χ3n) is 8.77. The number of piperidine rings is 1. The number of alkyl halides is 1. The topological polar surface area (TPSA) is 87.2 Å². The van der Waals surface area contributed by atoms with Crippen molar-refractivity contribution in [1.82, 2.24) is 14.8 Å². The first-order valence-corrected chi connectivity index (χ1v) is 14.8. The van der Waals surface area contributed by atoms with Crippen LogP contribution in [-0.2, 0) is 16.1 Å². The number of halogens is 3. The maximum atomic E-state index is 16.4. The number of likely N-dealkylation sites (tertiary alicyclic amines) is 1. The number of carboxylic acids is 1. The van der Waals surface area contributed by atoms with E-state index >= 15 is 4.39 Å². The number of methoxy groups -OCH3 is 1. The molecule has 1 atom stereocenters.